The second kappa shape index (κ2) is 3.70. The Morgan fingerprint density at radius 3 is 1.42 bits per heavy atom. The molecule has 0 saturated heterocycles. The van der Waals surface area contributed by atoms with Gasteiger partial charge in [0.2, 0.25) is 0 Å². The lowest BCUT2D eigenvalue weighted by atomic mass is 10.1. The van der Waals surface area contributed by atoms with Gasteiger partial charge in [-0.3, -0.25) is 0 Å². The summed E-state index contributed by atoms with van der Waals surface area (Å²) in [6.07, 6.45) is 0. The Kier molecular flexibility index (Phi) is 3.65. The number of aliphatic hydroxyl groups excluding tert-OH is 1. The Morgan fingerprint density at radius 2 is 1.33 bits per heavy atom. The summed E-state index contributed by atoms with van der Waals surface area (Å²) in [7, 11) is 0. The Bertz CT molecular complexity index is 120. The lowest BCUT2D eigenvalue weighted by molar-refractivity contribution is -0.202. The zero-order valence-electron chi connectivity index (χ0n) is 8.20. The molecule has 0 unspecified atom stereocenters. The molecule has 0 aromatic rings. The molecular formula is C8H19NO3. The van der Waals surface area contributed by atoms with Crippen LogP contribution < -0.4 is 0 Å². The highest BCUT2D eigenvalue weighted by Crippen LogP contribution is 2.19. The molecule has 0 atom stereocenters. The summed E-state index contributed by atoms with van der Waals surface area (Å²) in [5, 5.41) is 27.9. The fourth-order valence-electron chi connectivity index (χ4n) is 1.32. The van der Waals surface area contributed by atoms with Crippen LogP contribution in [0.1, 0.15) is 27.7 Å². The second-order valence-electron chi connectivity index (χ2n) is 3.86. The summed E-state index contributed by atoms with van der Waals surface area (Å²) in [5.41, 5.74) is -2.25. The monoisotopic (exact) mass is 177 g/mol. The van der Waals surface area contributed by atoms with Crippen LogP contribution in [-0.2, 0) is 0 Å². The van der Waals surface area contributed by atoms with Gasteiger partial charge in [0.05, 0.1) is 6.61 Å². The highest BCUT2D eigenvalue weighted by atomic mass is 16.3. The molecule has 0 fully saturated rings. The van der Waals surface area contributed by atoms with Crippen molar-refractivity contribution in [1.29, 1.82) is 0 Å². The molecule has 12 heavy (non-hydrogen) atoms. The summed E-state index contributed by atoms with van der Waals surface area (Å²) in [6.45, 7) is 6.43. The number of nitrogens with zero attached hydrogens (tertiary/aromatic N) is 1. The predicted octanol–water partition coefficient (Wildman–Crippen LogP) is -0.263. The van der Waals surface area contributed by atoms with Gasteiger partial charge < -0.3 is 15.3 Å². The lowest BCUT2D eigenvalue weighted by Crippen LogP contribution is -2.56. The fourth-order valence-corrected chi connectivity index (χ4v) is 1.32. The number of aliphatic hydroxyl groups is 3. The maximum atomic E-state index is 9.60. The maximum Gasteiger partial charge on any atom is 0.115 e. The van der Waals surface area contributed by atoms with E-state index >= 15 is 0 Å². The molecule has 4 nitrogen and oxygen atoms in total. The van der Waals surface area contributed by atoms with Crippen molar-refractivity contribution in [2.24, 2.45) is 0 Å². The first-order valence-corrected chi connectivity index (χ1v) is 4.03. The molecule has 0 aliphatic rings. The van der Waals surface area contributed by atoms with Gasteiger partial charge in [-0.05, 0) is 27.7 Å². The zero-order chi connectivity index (χ0) is 9.99. The highest BCUT2D eigenvalue weighted by molar-refractivity contribution is 4.77. The molecule has 0 rings (SSSR count). The minimum absolute atomic E-state index is 0.0893. The quantitative estimate of drug-likeness (QED) is 0.518. The first-order chi connectivity index (χ1) is 5.19. The summed E-state index contributed by atoms with van der Waals surface area (Å²) in [5.74, 6) is 0. The number of hydrogen-bond acceptors (Lipinski definition) is 4. The smallest absolute Gasteiger partial charge is 0.115 e. The Morgan fingerprint density at radius 1 is 1.00 bits per heavy atom. The highest BCUT2D eigenvalue weighted by Gasteiger charge is 2.33. The van der Waals surface area contributed by atoms with E-state index in [1.54, 1.807) is 27.7 Å². The molecule has 4 heteroatoms. The van der Waals surface area contributed by atoms with Crippen molar-refractivity contribution >= 4 is 0 Å². The minimum Gasteiger partial charge on any atom is -0.395 e. The Labute approximate surface area is 73.4 Å². The van der Waals surface area contributed by atoms with Crippen molar-refractivity contribution in [2.45, 2.75) is 39.1 Å². The average Bonchev–Trinajstić information content (AvgIpc) is 1.77. The molecule has 0 aromatic heterocycles. The van der Waals surface area contributed by atoms with Gasteiger partial charge in [0.25, 0.3) is 0 Å². The van der Waals surface area contributed by atoms with Crippen molar-refractivity contribution in [3.8, 4) is 0 Å². The van der Waals surface area contributed by atoms with Crippen LogP contribution in [0.15, 0.2) is 0 Å². The molecule has 0 bridgehead atoms. The van der Waals surface area contributed by atoms with Crippen LogP contribution in [-0.4, -0.2) is 44.8 Å². The molecule has 74 valence electrons. The van der Waals surface area contributed by atoms with Gasteiger partial charge in [-0.2, -0.15) is 0 Å². The third kappa shape index (κ3) is 3.49. The fraction of sp³-hybridized carbons (Fsp3) is 1.00. The maximum absolute atomic E-state index is 9.60. The van der Waals surface area contributed by atoms with Crippen LogP contribution in [0.2, 0.25) is 0 Å². The van der Waals surface area contributed by atoms with Crippen LogP contribution in [0.4, 0.5) is 0 Å². The van der Waals surface area contributed by atoms with Crippen LogP contribution in [0, 0.1) is 0 Å². The van der Waals surface area contributed by atoms with Gasteiger partial charge in [-0.25, -0.2) is 4.90 Å². The van der Waals surface area contributed by atoms with E-state index in [4.69, 9.17) is 5.11 Å². The van der Waals surface area contributed by atoms with E-state index in [0.29, 0.717) is 0 Å². The molecule has 0 heterocycles. The first kappa shape index (κ1) is 11.8. The van der Waals surface area contributed by atoms with E-state index in [-0.39, 0.29) is 13.2 Å². The molecule has 0 radical (unpaired) electrons. The Balaban J connectivity index is 4.45. The summed E-state index contributed by atoms with van der Waals surface area (Å²) in [6, 6.07) is 0. The standard InChI is InChI=1S/C8H19NO3/c1-7(2,11)9(5-6-10)8(3,4)12/h10-12H,5-6H2,1-4H3. The number of hydrogen-bond donors (Lipinski definition) is 3. The van der Waals surface area contributed by atoms with Crippen molar-refractivity contribution < 1.29 is 15.3 Å². The van der Waals surface area contributed by atoms with Crippen LogP contribution in [0.5, 0.6) is 0 Å². The topological polar surface area (TPSA) is 63.9 Å². The summed E-state index contributed by atoms with van der Waals surface area (Å²) in [4.78, 5) is 1.42. The molecule has 0 amide bonds. The van der Waals surface area contributed by atoms with Crippen LogP contribution in [0.3, 0.4) is 0 Å². The SMILES string of the molecule is CC(C)(O)N(CCO)C(C)(C)O. The third-order valence-corrected chi connectivity index (χ3v) is 1.64. The van der Waals surface area contributed by atoms with E-state index in [9.17, 15) is 10.2 Å². The molecule has 0 spiro atoms. The van der Waals surface area contributed by atoms with E-state index < -0.39 is 11.4 Å². The van der Waals surface area contributed by atoms with Crippen LogP contribution in [0.25, 0.3) is 0 Å². The van der Waals surface area contributed by atoms with E-state index in [1.165, 1.54) is 4.90 Å². The van der Waals surface area contributed by atoms with E-state index in [0.717, 1.165) is 0 Å². The minimum atomic E-state index is -1.12. The van der Waals surface area contributed by atoms with Gasteiger partial charge in [0.1, 0.15) is 11.4 Å². The van der Waals surface area contributed by atoms with Crippen molar-refractivity contribution in [2.75, 3.05) is 13.2 Å². The van der Waals surface area contributed by atoms with E-state index in [2.05, 4.69) is 0 Å². The third-order valence-electron chi connectivity index (χ3n) is 1.64. The summed E-state index contributed by atoms with van der Waals surface area (Å²) >= 11 is 0. The summed E-state index contributed by atoms with van der Waals surface area (Å²) < 4.78 is 0. The molecule has 0 aliphatic heterocycles. The molecule has 0 saturated carbocycles. The van der Waals surface area contributed by atoms with Crippen LogP contribution >= 0.6 is 0 Å². The molecular weight excluding hydrogens is 158 g/mol. The van der Waals surface area contributed by atoms with Gasteiger partial charge in [0.15, 0.2) is 0 Å². The zero-order valence-corrected chi connectivity index (χ0v) is 8.20. The van der Waals surface area contributed by atoms with Gasteiger partial charge in [-0.1, -0.05) is 0 Å². The average molecular weight is 177 g/mol. The molecule has 3 N–H and O–H groups in total. The predicted molar refractivity (Wildman–Crippen MR) is 46.4 cm³/mol. The first-order valence-electron chi connectivity index (χ1n) is 4.03. The normalized spacial score (nSPS) is 14.0. The molecule has 0 aromatic carbocycles. The van der Waals surface area contributed by atoms with Gasteiger partial charge in [0, 0.05) is 6.54 Å². The van der Waals surface area contributed by atoms with Gasteiger partial charge >= 0.3 is 0 Å². The lowest BCUT2D eigenvalue weighted by Gasteiger charge is -2.42. The van der Waals surface area contributed by atoms with Gasteiger partial charge in [-0.15, -0.1) is 0 Å². The van der Waals surface area contributed by atoms with Crippen molar-refractivity contribution in [3.63, 3.8) is 0 Å². The molecule has 0 aliphatic carbocycles. The van der Waals surface area contributed by atoms with Crippen molar-refractivity contribution in [1.82, 2.24) is 4.90 Å². The second-order valence-corrected chi connectivity index (χ2v) is 3.86. The van der Waals surface area contributed by atoms with Crippen molar-refractivity contribution in [3.05, 3.63) is 0 Å². The van der Waals surface area contributed by atoms with E-state index in [1.807, 2.05) is 0 Å². The Hall–Kier alpha value is -0.160. The number of rotatable bonds is 4. The largest absolute Gasteiger partial charge is 0.395 e.